The molecule has 0 saturated heterocycles. The number of nitrogens with one attached hydrogen (secondary N) is 3. The quantitative estimate of drug-likeness (QED) is 0.0721. The molecule has 1 heterocycles. The van der Waals surface area contributed by atoms with Crippen molar-refractivity contribution in [1.29, 1.82) is 0 Å². The molecule has 1 aromatic heterocycles. The molecule has 5 rings (SSSR count). The zero-order valence-electron chi connectivity index (χ0n) is 24.2. The molecule has 4 N–H and O–H groups in total. The fraction of sp³-hybridized carbons (Fsp3) is 0. The van der Waals surface area contributed by atoms with Crippen molar-refractivity contribution >= 4 is 61.6 Å². The van der Waals surface area contributed by atoms with E-state index < -0.39 is 20.2 Å². The van der Waals surface area contributed by atoms with Crippen LogP contribution in [0.1, 0.15) is 12.6 Å². The van der Waals surface area contributed by atoms with Crippen LogP contribution in [-0.4, -0.2) is 36.3 Å². The monoisotopic (exact) mass is 640 g/mol. The number of nitrogens with zero attached hydrogens (tertiary/aromatic N) is 3. The second-order valence-electron chi connectivity index (χ2n) is 8.81. The van der Waals surface area contributed by atoms with Crippen LogP contribution in [0.3, 0.4) is 0 Å². The molecule has 0 atom stereocenters. The van der Waals surface area contributed by atoms with Gasteiger partial charge in [0.05, 0.1) is 0 Å². The Hall–Kier alpha value is -4.15. The van der Waals surface area contributed by atoms with E-state index in [2.05, 4.69) is 31.1 Å². The Balaban J connectivity index is 0.00000276. The fourth-order valence-corrected chi connectivity index (χ4v) is 5.48. The Morgan fingerprint density at radius 1 is 0.591 bits per heavy atom. The minimum absolute atomic E-state index is 0. The van der Waals surface area contributed by atoms with E-state index in [1.54, 1.807) is 36.4 Å². The van der Waals surface area contributed by atoms with Crippen LogP contribution in [0.25, 0.3) is 12.2 Å². The largest absolute Gasteiger partial charge is 1.00 e. The van der Waals surface area contributed by atoms with E-state index in [1.807, 2.05) is 36.4 Å². The number of para-hydroxylation sites is 2. The summed E-state index contributed by atoms with van der Waals surface area (Å²) in [5.74, 6) is 0.0264. The molecule has 0 radical (unpaired) electrons. The van der Waals surface area contributed by atoms with Crippen LogP contribution in [0.4, 0.5) is 29.2 Å². The smallest absolute Gasteiger partial charge is 1.00 e. The van der Waals surface area contributed by atoms with Gasteiger partial charge in [0.25, 0.3) is 16.1 Å². The number of benzene rings is 4. The van der Waals surface area contributed by atoms with Crippen LogP contribution in [0, 0.1) is 0 Å². The summed E-state index contributed by atoms with van der Waals surface area (Å²) in [6, 6.07) is 29.9. The SMILES string of the molecule is O=S(=O)(O)c1ccccc1C=Cc1ccccc1S(=O)(=O)ONc1nc(Nc2ccccc2)nc(Nc2ccccc2)n1.[H-].[Na+]. The maximum absolute atomic E-state index is 13.3. The molecule has 44 heavy (non-hydrogen) atoms. The topological polar surface area (TPSA) is 172 Å². The minimum atomic E-state index is -4.50. The van der Waals surface area contributed by atoms with Gasteiger partial charge in [-0.2, -0.15) is 31.8 Å². The summed E-state index contributed by atoms with van der Waals surface area (Å²) in [5, 5.41) is 6.08. The Morgan fingerprint density at radius 3 is 1.50 bits per heavy atom. The molecule has 0 fully saturated rings. The molecule has 5 aromatic rings. The van der Waals surface area contributed by atoms with E-state index in [9.17, 15) is 21.4 Å². The Kier molecular flexibility index (Phi) is 10.8. The molecule has 0 aliphatic rings. The van der Waals surface area contributed by atoms with Gasteiger partial charge in [-0.05, 0) is 47.5 Å². The molecule has 0 aliphatic heterocycles. The van der Waals surface area contributed by atoms with Crippen molar-refractivity contribution in [2.24, 2.45) is 0 Å². The molecule has 0 saturated carbocycles. The second kappa shape index (κ2) is 14.5. The summed E-state index contributed by atoms with van der Waals surface area (Å²) >= 11 is 0. The predicted molar refractivity (Wildman–Crippen MR) is 164 cm³/mol. The van der Waals surface area contributed by atoms with Gasteiger partial charge in [-0.1, -0.05) is 84.9 Å². The number of aromatic nitrogens is 3. The van der Waals surface area contributed by atoms with Crippen LogP contribution >= 0.6 is 0 Å². The number of hydrogen-bond acceptors (Lipinski definition) is 11. The van der Waals surface area contributed by atoms with Crippen molar-refractivity contribution in [2.45, 2.75) is 9.79 Å². The molecular weight excluding hydrogens is 615 g/mol. The van der Waals surface area contributed by atoms with Crippen LogP contribution in [-0.2, 0) is 24.5 Å². The molecule has 0 amide bonds. The third-order valence-electron chi connectivity index (χ3n) is 5.77. The number of hydrogen-bond donors (Lipinski definition) is 4. The zero-order valence-corrected chi connectivity index (χ0v) is 26.8. The number of anilines is 5. The van der Waals surface area contributed by atoms with Crippen molar-refractivity contribution in [2.75, 3.05) is 16.1 Å². The van der Waals surface area contributed by atoms with Crippen molar-refractivity contribution < 1.29 is 56.7 Å². The molecule has 0 spiro atoms. The van der Waals surface area contributed by atoms with Crippen molar-refractivity contribution in [3.63, 3.8) is 0 Å². The first-order valence-corrected chi connectivity index (χ1v) is 15.5. The molecule has 0 bridgehead atoms. The van der Waals surface area contributed by atoms with Gasteiger partial charge in [0.15, 0.2) is 0 Å². The molecule has 15 heteroatoms. The predicted octanol–water partition coefficient (Wildman–Crippen LogP) is 2.62. The van der Waals surface area contributed by atoms with E-state index >= 15 is 0 Å². The van der Waals surface area contributed by atoms with E-state index in [0.717, 1.165) is 0 Å². The average Bonchev–Trinajstić information content (AvgIpc) is 3.00. The molecule has 0 unspecified atom stereocenters. The Bertz CT molecular complexity index is 1930. The van der Waals surface area contributed by atoms with Gasteiger partial charge in [-0.3, -0.25) is 4.55 Å². The molecular formula is C29H25N6NaO6S2. The number of rotatable bonds is 11. The molecule has 0 aliphatic carbocycles. The summed E-state index contributed by atoms with van der Waals surface area (Å²) in [7, 11) is -8.94. The van der Waals surface area contributed by atoms with Crippen molar-refractivity contribution in [3.8, 4) is 0 Å². The first-order valence-electron chi connectivity index (χ1n) is 12.6. The Labute approximate surface area is 277 Å². The van der Waals surface area contributed by atoms with Gasteiger partial charge in [0.2, 0.25) is 11.9 Å². The zero-order chi connectivity index (χ0) is 30.3. The maximum atomic E-state index is 13.3. The van der Waals surface area contributed by atoms with Crippen molar-refractivity contribution in [1.82, 2.24) is 15.0 Å². The minimum Gasteiger partial charge on any atom is -1.00 e. The van der Waals surface area contributed by atoms with Gasteiger partial charge < -0.3 is 12.1 Å². The summed E-state index contributed by atoms with van der Waals surface area (Å²) in [4.78, 5) is 12.3. The van der Waals surface area contributed by atoms with Crippen LogP contribution in [0.2, 0.25) is 0 Å². The average molecular weight is 641 g/mol. The van der Waals surface area contributed by atoms with Gasteiger partial charge in [-0.25, -0.2) is 5.48 Å². The van der Waals surface area contributed by atoms with Gasteiger partial charge in [-0.15, -0.1) is 4.28 Å². The summed E-state index contributed by atoms with van der Waals surface area (Å²) in [6.07, 6.45) is 2.77. The normalized spacial score (nSPS) is 11.5. The third kappa shape index (κ3) is 8.70. The standard InChI is InChI=1S/C29H24N6O6S2.Na.H/c36-42(37,38)25-17-9-7-11-21(25)19-20-22-12-8-10-18-26(22)43(39,40)41-35-29-33-27(30-23-13-3-1-4-14-23)32-28(34-29)31-24-15-5-2-6-16-24;;/h1-20H,(H,36,37,38)(H3,30,31,32,33,34,35);;/q;+1;-1. The summed E-state index contributed by atoms with van der Waals surface area (Å²) < 4.78 is 64.6. The van der Waals surface area contributed by atoms with Gasteiger partial charge in [0.1, 0.15) is 9.79 Å². The molecule has 220 valence electrons. The first-order chi connectivity index (χ1) is 20.7. The maximum Gasteiger partial charge on any atom is 1.00 e. The van der Waals surface area contributed by atoms with Gasteiger partial charge >= 0.3 is 39.7 Å². The van der Waals surface area contributed by atoms with Gasteiger partial charge in [0, 0.05) is 11.4 Å². The van der Waals surface area contributed by atoms with Crippen LogP contribution < -0.4 is 45.7 Å². The van der Waals surface area contributed by atoms with E-state index in [1.165, 1.54) is 48.6 Å². The molecule has 4 aromatic carbocycles. The van der Waals surface area contributed by atoms with Crippen LogP contribution in [0.5, 0.6) is 0 Å². The van der Waals surface area contributed by atoms with E-state index in [-0.39, 0.29) is 69.7 Å². The third-order valence-corrected chi connectivity index (χ3v) is 7.91. The Morgan fingerprint density at radius 2 is 1.00 bits per heavy atom. The van der Waals surface area contributed by atoms with Crippen LogP contribution in [0.15, 0.2) is 119 Å². The van der Waals surface area contributed by atoms with E-state index in [4.69, 9.17) is 4.28 Å². The second-order valence-corrected chi connectivity index (χ2v) is 11.7. The van der Waals surface area contributed by atoms with E-state index in [0.29, 0.717) is 11.4 Å². The summed E-state index contributed by atoms with van der Waals surface area (Å²) in [6.45, 7) is 0. The first kappa shape index (κ1) is 32.8. The fourth-order valence-electron chi connectivity index (χ4n) is 3.85. The summed E-state index contributed by atoms with van der Waals surface area (Å²) in [5.41, 5.74) is 4.04. The van der Waals surface area contributed by atoms with Crippen molar-refractivity contribution in [3.05, 3.63) is 120 Å². The molecule has 12 nitrogen and oxygen atoms in total.